The average molecular weight is 443 g/mol. The van der Waals surface area contributed by atoms with Crippen molar-refractivity contribution in [3.05, 3.63) is 82.5 Å². The van der Waals surface area contributed by atoms with Crippen molar-refractivity contribution in [2.75, 3.05) is 18.0 Å². The van der Waals surface area contributed by atoms with E-state index >= 15 is 0 Å². The van der Waals surface area contributed by atoms with Gasteiger partial charge in [-0.3, -0.25) is 0 Å². The average Bonchev–Trinajstić information content (AvgIpc) is 3.01. The van der Waals surface area contributed by atoms with Crippen LogP contribution in [0.25, 0.3) is 0 Å². The Balaban J connectivity index is 1.75. The first-order chi connectivity index (χ1) is 14.2. The fourth-order valence-corrected chi connectivity index (χ4v) is 5.65. The van der Waals surface area contributed by atoms with E-state index in [-0.39, 0.29) is 11.4 Å². The van der Waals surface area contributed by atoms with Crippen LogP contribution >= 0.6 is 11.6 Å². The molecule has 0 aliphatic carbocycles. The number of benzene rings is 2. The smallest absolute Gasteiger partial charge is 0.265 e. The quantitative estimate of drug-likeness (QED) is 0.571. The van der Waals surface area contributed by atoms with Gasteiger partial charge in [-0.1, -0.05) is 48.4 Å². The van der Waals surface area contributed by atoms with Crippen molar-refractivity contribution >= 4 is 27.4 Å². The zero-order valence-electron chi connectivity index (χ0n) is 17.1. The highest BCUT2D eigenvalue weighted by atomic mass is 35.5. The first-order valence-corrected chi connectivity index (χ1v) is 11.4. The summed E-state index contributed by atoms with van der Waals surface area (Å²) in [6.07, 6.45) is 2.14. The van der Waals surface area contributed by atoms with Gasteiger partial charge in [0.15, 0.2) is 0 Å². The van der Waals surface area contributed by atoms with Gasteiger partial charge in [0.2, 0.25) is 0 Å². The van der Waals surface area contributed by atoms with Gasteiger partial charge in [0.05, 0.1) is 17.0 Å². The van der Waals surface area contributed by atoms with Gasteiger partial charge in [-0.25, -0.2) is 17.7 Å². The number of nitrogens with zero attached hydrogens (tertiary/aromatic N) is 2. The lowest BCUT2D eigenvalue weighted by Gasteiger charge is -2.26. The Kier molecular flexibility index (Phi) is 5.24. The maximum atomic E-state index is 13.5. The Morgan fingerprint density at radius 1 is 1.13 bits per heavy atom. The number of ether oxygens (including phenoxy) is 1. The molecular weight excluding hydrogens is 420 g/mol. The van der Waals surface area contributed by atoms with Gasteiger partial charge in [0, 0.05) is 23.7 Å². The van der Waals surface area contributed by atoms with Gasteiger partial charge in [-0.05, 0) is 49.2 Å². The molecule has 0 saturated carbocycles. The summed E-state index contributed by atoms with van der Waals surface area (Å²) in [6.45, 7) is 4.27. The molecule has 0 spiro atoms. The van der Waals surface area contributed by atoms with Crippen molar-refractivity contribution in [1.82, 2.24) is 4.98 Å². The highest BCUT2D eigenvalue weighted by Crippen LogP contribution is 2.44. The molecule has 1 atom stereocenters. The standard InChI is InChI=1S/C23H23ClN2O3S/c1-16-4-10-20(11-5-16)30(27,28)26-15-23(2,21-12-18(24)14-25-22(21)26)13-17-6-8-19(29-3)9-7-17/h4-12,14H,13,15H2,1-3H3/t23-/m1/s1. The van der Waals surface area contributed by atoms with E-state index in [9.17, 15) is 8.42 Å². The van der Waals surface area contributed by atoms with Crippen molar-refractivity contribution in [2.45, 2.75) is 30.6 Å². The van der Waals surface area contributed by atoms with Crippen LogP contribution in [0.15, 0.2) is 65.7 Å². The summed E-state index contributed by atoms with van der Waals surface area (Å²) in [5.74, 6) is 1.22. The van der Waals surface area contributed by atoms with Crippen LogP contribution in [0, 0.1) is 6.92 Å². The van der Waals surface area contributed by atoms with E-state index in [1.165, 1.54) is 10.5 Å². The molecule has 0 amide bonds. The van der Waals surface area contributed by atoms with Gasteiger partial charge in [-0.2, -0.15) is 0 Å². The Morgan fingerprint density at radius 3 is 2.43 bits per heavy atom. The Morgan fingerprint density at radius 2 is 1.80 bits per heavy atom. The van der Waals surface area contributed by atoms with Crippen molar-refractivity contribution in [3.63, 3.8) is 0 Å². The molecular formula is C23H23ClN2O3S. The number of hydrogen-bond donors (Lipinski definition) is 0. The molecule has 30 heavy (non-hydrogen) atoms. The summed E-state index contributed by atoms with van der Waals surface area (Å²) in [7, 11) is -2.12. The first-order valence-electron chi connectivity index (χ1n) is 9.61. The molecule has 2 aromatic carbocycles. The van der Waals surface area contributed by atoms with E-state index in [0.29, 0.717) is 17.3 Å². The molecule has 5 nitrogen and oxygen atoms in total. The molecule has 0 unspecified atom stereocenters. The Bertz CT molecular complexity index is 1180. The minimum atomic E-state index is -3.75. The van der Waals surface area contributed by atoms with E-state index in [0.717, 1.165) is 22.4 Å². The van der Waals surface area contributed by atoms with Crippen molar-refractivity contribution < 1.29 is 13.2 Å². The summed E-state index contributed by atoms with van der Waals surface area (Å²) in [6, 6.07) is 16.5. The molecule has 0 fully saturated rings. The number of anilines is 1. The summed E-state index contributed by atoms with van der Waals surface area (Å²) >= 11 is 6.24. The predicted molar refractivity (Wildman–Crippen MR) is 119 cm³/mol. The van der Waals surface area contributed by atoms with Crippen LogP contribution < -0.4 is 9.04 Å². The first kappa shape index (κ1) is 20.7. The fourth-order valence-electron chi connectivity index (χ4n) is 3.93. The Hall–Kier alpha value is -2.57. The minimum absolute atomic E-state index is 0.254. The topological polar surface area (TPSA) is 59.5 Å². The zero-order valence-corrected chi connectivity index (χ0v) is 18.7. The molecule has 3 aromatic rings. The SMILES string of the molecule is COc1ccc(C[C@]2(C)CN(S(=O)(=O)c3ccc(C)cc3)c3ncc(Cl)cc32)cc1. The number of methoxy groups -OCH3 is 1. The molecule has 2 heterocycles. The third-order valence-electron chi connectivity index (χ3n) is 5.57. The Labute approximate surface area is 182 Å². The number of rotatable bonds is 5. The minimum Gasteiger partial charge on any atom is -0.497 e. The van der Waals surface area contributed by atoms with Crippen LogP contribution in [0.4, 0.5) is 5.82 Å². The van der Waals surface area contributed by atoms with Crippen LogP contribution in [0.2, 0.25) is 5.02 Å². The van der Waals surface area contributed by atoms with Gasteiger partial charge in [-0.15, -0.1) is 0 Å². The second kappa shape index (κ2) is 7.60. The van der Waals surface area contributed by atoms with E-state index < -0.39 is 15.4 Å². The zero-order chi connectivity index (χ0) is 21.5. The lowest BCUT2D eigenvalue weighted by atomic mass is 9.79. The maximum absolute atomic E-state index is 13.5. The normalized spacial score (nSPS) is 18.3. The molecule has 156 valence electrons. The van der Waals surface area contributed by atoms with Crippen LogP contribution in [0.5, 0.6) is 5.75 Å². The fraction of sp³-hybridized carbons (Fsp3) is 0.261. The van der Waals surface area contributed by atoms with E-state index in [2.05, 4.69) is 11.9 Å². The molecule has 0 N–H and O–H groups in total. The van der Waals surface area contributed by atoms with Crippen LogP contribution in [-0.2, 0) is 21.9 Å². The molecule has 1 aliphatic rings. The summed E-state index contributed by atoms with van der Waals surface area (Å²) in [4.78, 5) is 4.66. The van der Waals surface area contributed by atoms with Crippen molar-refractivity contribution in [1.29, 1.82) is 0 Å². The van der Waals surface area contributed by atoms with Crippen LogP contribution in [-0.4, -0.2) is 27.1 Å². The molecule has 0 radical (unpaired) electrons. The van der Waals surface area contributed by atoms with Crippen LogP contribution in [0.3, 0.4) is 0 Å². The number of halogens is 1. The monoisotopic (exact) mass is 442 g/mol. The number of pyridine rings is 1. The van der Waals surface area contributed by atoms with E-state index in [1.54, 1.807) is 31.4 Å². The predicted octanol–water partition coefficient (Wildman–Crippen LogP) is 4.76. The van der Waals surface area contributed by atoms with Gasteiger partial charge in [0.25, 0.3) is 10.0 Å². The lowest BCUT2D eigenvalue weighted by Crippen LogP contribution is -2.36. The number of sulfonamides is 1. The molecule has 7 heteroatoms. The summed E-state index contributed by atoms with van der Waals surface area (Å²) in [5.41, 5.74) is 2.45. The van der Waals surface area contributed by atoms with Crippen molar-refractivity contribution in [2.24, 2.45) is 0 Å². The molecule has 0 bridgehead atoms. The molecule has 4 rings (SSSR count). The highest BCUT2D eigenvalue weighted by molar-refractivity contribution is 7.92. The summed E-state index contributed by atoms with van der Waals surface area (Å²) < 4.78 is 33.6. The third-order valence-corrected chi connectivity index (χ3v) is 7.53. The number of aryl methyl sites for hydroxylation is 1. The number of fused-ring (bicyclic) bond motifs is 1. The maximum Gasteiger partial charge on any atom is 0.265 e. The van der Waals surface area contributed by atoms with E-state index in [4.69, 9.17) is 16.3 Å². The van der Waals surface area contributed by atoms with E-state index in [1.807, 2.05) is 37.3 Å². The second-order valence-corrected chi connectivity index (χ2v) is 10.2. The van der Waals surface area contributed by atoms with Gasteiger partial charge < -0.3 is 4.74 Å². The lowest BCUT2D eigenvalue weighted by molar-refractivity contribution is 0.414. The van der Waals surface area contributed by atoms with Gasteiger partial charge in [0.1, 0.15) is 11.6 Å². The van der Waals surface area contributed by atoms with Crippen LogP contribution in [0.1, 0.15) is 23.6 Å². The third kappa shape index (κ3) is 3.66. The molecule has 1 aliphatic heterocycles. The highest BCUT2D eigenvalue weighted by Gasteiger charge is 2.45. The largest absolute Gasteiger partial charge is 0.497 e. The number of aromatic nitrogens is 1. The summed E-state index contributed by atoms with van der Waals surface area (Å²) in [5, 5.41) is 0.490. The molecule has 0 saturated heterocycles. The number of hydrogen-bond acceptors (Lipinski definition) is 4. The van der Waals surface area contributed by atoms with Crippen molar-refractivity contribution in [3.8, 4) is 5.75 Å². The second-order valence-electron chi connectivity index (χ2n) is 7.93. The van der Waals surface area contributed by atoms with Gasteiger partial charge >= 0.3 is 0 Å². The molecule has 1 aromatic heterocycles.